The highest BCUT2D eigenvalue weighted by Crippen LogP contribution is 2.24. The Labute approximate surface area is 162 Å². The Balaban J connectivity index is 1.74. The minimum Gasteiger partial charge on any atom is -0.497 e. The summed E-state index contributed by atoms with van der Waals surface area (Å²) in [6.07, 6.45) is 4.21. The maximum atomic E-state index is 13.0. The third kappa shape index (κ3) is 5.33. The Hall–Kier alpha value is -2.33. The van der Waals surface area contributed by atoms with Gasteiger partial charge in [-0.1, -0.05) is 48.9 Å². The number of benzene rings is 2. The molecule has 0 N–H and O–H groups in total. The molecule has 1 heterocycles. The van der Waals surface area contributed by atoms with Crippen LogP contribution in [-0.2, 0) is 11.2 Å². The highest BCUT2D eigenvalue weighted by Gasteiger charge is 2.25. The number of hydrogen-bond acceptors (Lipinski definition) is 3. The van der Waals surface area contributed by atoms with E-state index in [9.17, 15) is 4.79 Å². The van der Waals surface area contributed by atoms with Crippen molar-refractivity contribution in [2.75, 3.05) is 33.8 Å². The van der Waals surface area contributed by atoms with Gasteiger partial charge in [-0.15, -0.1) is 0 Å². The van der Waals surface area contributed by atoms with Gasteiger partial charge in [-0.25, -0.2) is 0 Å². The number of amides is 1. The highest BCUT2D eigenvalue weighted by atomic mass is 16.5. The Kier molecular flexibility index (Phi) is 6.88. The van der Waals surface area contributed by atoms with Gasteiger partial charge >= 0.3 is 0 Å². The van der Waals surface area contributed by atoms with Crippen molar-refractivity contribution in [3.63, 3.8) is 0 Å². The predicted octanol–water partition coefficient (Wildman–Crippen LogP) is 3.92. The molecule has 1 atom stereocenters. The molecule has 2 aromatic rings. The molecule has 0 spiro atoms. The molecule has 144 valence electrons. The maximum absolute atomic E-state index is 13.0. The number of carbonyl (C=O) groups excluding carboxylic acids is 1. The average molecular weight is 367 g/mol. The van der Waals surface area contributed by atoms with E-state index >= 15 is 0 Å². The molecule has 0 radical (unpaired) electrons. The Morgan fingerprint density at radius 2 is 1.81 bits per heavy atom. The van der Waals surface area contributed by atoms with Gasteiger partial charge in [-0.3, -0.25) is 4.79 Å². The van der Waals surface area contributed by atoms with Gasteiger partial charge in [-0.05, 0) is 49.2 Å². The van der Waals surface area contributed by atoms with Crippen LogP contribution in [0.25, 0.3) is 0 Å². The van der Waals surface area contributed by atoms with E-state index in [2.05, 4.69) is 29.2 Å². The summed E-state index contributed by atoms with van der Waals surface area (Å²) in [5.41, 5.74) is 2.18. The number of hydrogen-bond donors (Lipinski definition) is 0. The molecule has 3 rings (SSSR count). The van der Waals surface area contributed by atoms with E-state index in [0.717, 1.165) is 30.9 Å². The van der Waals surface area contributed by atoms with Gasteiger partial charge in [0.25, 0.3) is 0 Å². The molecule has 0 bridgehead atoms. The van der Waals surface area contributed by atoms with Crippen LogP contribution in [0.1, 0.15) is 36.4 Å². The first-order valence-corrected chi connectivity index (χ1v) is 9.83. The quantitative estimate of drug-likeness (QED) is 0.744. The second-order valence-electron chi connectivity index (χ2n) is 7.32. The molecule has 0 saturated carbocycles. The summed E-state index contributed by atoms with van der Waals surface area (Å²) in [6, 6.07) is 18.2. The van der Waals surface area contributed by atoms with Crippen molar-refractivity contribution >= 4 is 5.91 Å². The summed E-state index contributed by atoms with van der Waals surface area (Å²) < 4.78 is 5.28. The Morgan fingerprint density at radius 1 is 1.07 bits per heavy atom. The SMILES string of the molecule is COc1cccc(CC(=O)N(C)[C@@H](CN2CCCCC2)c2ccccc2)c1. The zero-order chi connectivity index (χ0) is 19.1. The van der Waals surface area contributed by atoms with E-state index < -0.39 is 0 Å². The molecule has 0 aliphatic carbocycles. The van der Waals surface area contributed by atoms with E-state index in [1.54, 1.807) is 7.11 Å². The minimum absolute atomic E-state index is 0.0717. The molecule has 1 aliphatic rings. The van der Waals surface area contributed by atoms with Gasteiger partial charge in [0.2, 0.25) is 5.91 Å². The smallest absolute Gasteiger partial charge is 0.227 e. The van der Waals surface area contributed by atoms with Crippen LogP contribution in [0.4, 0.5) is 0 Å². The minimum atomic E-state index is 0.0717. The molecule has 4 heteroatoms. The van der Waals surface area contributed by atoms with Crippen molar-refractivity contribution in [2.24, 2.45) is 0 Å². The van der Waals surface area contributed by atoms with Crippen molar-refractivity contribution < 1.29 is 9.53 Å². The summed E-state index contributed by atoms with van der Waals surface area (Å²) in [5.74, 6) is 0.921. The van der Waals surface area contributed by atoms with Crippen LogP contribution in [0.15, 0.2) is 54.6 Å². The topological polar surface area (TPSA) is 32.8 Å². The number of rotatable bonds is 7. The number of likely N-dealkylation sites (N-methyl/N-ethyl adjacent to an activating group) is 1. The number of likely N-dealkylation sites (tertiary alicyclic amines) is 1. The van der Waals surface area contributed by atoms with Crippen LogP contribution in [0, 0.1) is 0 Å². The summed E-state index contributed by atoms with van der Waals surface area (Å²) in [6.45, 7) is 3.15. The summed E-state index contributed by atoms with van der Waals surface area (Å²) in [7, 11) is 3.58. The van der Waals surface area contributed by atoms with Crippen molar-refractivity contribution in [3.05, 3.63) is 65.7 Å². The first-order valence-electron chi connectivity index (χ1n) is 9.83. The molecule has 1 saturated heterocycles. The number of ether oxygens (including phenoxy) is 1. The summed E-state index contributed by atoms with van der Waals surface area (Å²) in [4.78, 5) is 17.5. The molecule has 2 aromatic carbocycles. The molecule has 0 aromatic heterocycles. The van der Waals surface area contributed by atoms with E-state index in [0.29, 0.717) is 6.42 Å². The predicted molar refractivity (Wildman–Crippen MR) is 109 cm³/mol. The molecular weight excluding hydrogens is 336 g/mol. The van der Waals surface area contributed by atoms with Crippen LogP contribution in [0.5, 0.6) is 5.75 Å². The molecule has 1 fully saturated rings. The van der Waals surface area contributed by atoms with E-state index in [-0.39, 0.29) is 11.9 Å². The fourth-order valence-corrected chi connectivity index (χ4v) is 3.77. The maximum Gasteiger partial charge on any atom is 0.227 e. The molecule has 1 aliphatic heterocycles. The van der Waals surface area contributed by atoms with Crippen molar-refractivity contribution in [3.8, 4) is 5.75 Å². The number of carbonyl (C=O) groups is 1. The molecular formula is C23H30N2O2. The number of methoxy groups -OCH3 is 1. The van der Waals surface area contributed by atoms with Gasteiger partial charge in [0.15, 0.2) is 0 Å². The first-order chi connectivity index (χ1) is 13.2. The third-order valence-electron chi connectivity index (χ3n) is 5.41. The molecule has 4 nitrogen and oxygen atoms in total. The molecule has 0 unspecified atom stereocenters. The third-order valence-corrected chi connectivity index (χ3v) is 5.41. The van der Waals surface area contributed by atoms with Gasteiger partial charge < -0.3 is 14.5 Å². The van der Waals surface area contributed by atoms with Crippen LogP contribution in [0.3, 0.4) is 0 Å². The summed E-state index contributed by atoms with van der Waals surface area (Å²) in [5, 5.41) is 0. The fourth-order valence-electron chi connectivity index (χ4n) is 3.77. The van der Waals surface area contributed by atoms with Crippen molar-refractivity contribution in [1.29, 1.82) is 0 Å². The number of nitrogens with zero attached hydrogens (tertiary/aromatic N) is 2. The second-order valence-corrected chi connectivity index (χ2v) is 7.32. The van der Waals surface area contributed by atoms with E-state index in [4.69, 9.17) is 4.74 Å². The van der Waals surface area contributed by atoms with Gasteiger partial charge in [0.05, 0.1) is 19.6 Å². The van der Waals surface area contributed by atoms with Gasteiger partial charge in [0.1, 0.15) is 5.75 Å². The first kappa shape index (κ1) is 19.4. The van der Waals surface area contributed by atoms with Crippen molar-refractivity contribution in [1.82, 2.24) is 9.80 Å². The standard InChI is InChI=1S/C23H30N2O2/c1-24(23(26)17-19-10-9-13-21(16-19)27-2)22(20-11-5-3-6-12-20)18-25-14-7-4-8-15-25/h3,5-6,9-13,16,22H,4,7-8,14-15,17-18H2,1-2H3/t22-/m0/s1. The lowest BCUT2D eigenvalue weighted by Crippen LogP contribution is -2.41. The Bertz CT molecular complexity index is 726. The van der Waals surface area contributed by atoms with Crippen molar-refractivity contribution in [2.45, 2.75) is 31.7 Å². The zero-order valence-electron chi connectivity index (χ0n) is 16.4. The summed E-state index contributed by atoms with van der Waals surface area (Å²) >= 11 is 0. The van der Waals surface area contributed by atoms with Gasteiger partial charge in [-0.2, -0.15) is 0 Å². The normalized spacial score (nSPS) is 15.9. The lowest BCUT2D eigenvalue weighted by molar-refractivity contribution is -0.131. The monoisotopic (exact) mass is 366 g/mol. The Morgan fingerprint density at radius 3 is 2.52 bits per heavy atom. The van der Waals surface area contributed by atoms with Gasteiger partial charge in [0, 0.05) is 13.6 Å². The van der Waals surface area contributed by atoms with E-state index in [1.165, 1.54) is 24.8 Å². The largest absolute Gasteiger partial charge is 0.497 e. The average Bonchev–Trinajstić information content (AvgIpc) is 2.73. The fraction of sp³-hybridized carbons (Fsp3) is 0.435. The van der Waals surface area contributed by atoms with E-state index in [1.807, 2.05) is 42.3 Å². The molecule has 1 amide bonds. The lowest BCUT2D eigenvalue weighted by Gasteiger charge is -2.35. The van der Waals surface area contributed by atoms with Crippen LogP contribution < -0.4 is 4.74 Å². The van der Waals surface area contributed by atoms with Crippen LogP contribution >= 0.6 is 0 Å². The molecule has 27 heavy (non-hydrogen) atoms. The second kappa shape index (κ2) is 9.56. The van der Waals surface area contributed by atoms with Crippen LogP contribution in [-0.4, -0.2) is 49.5 Å². The highest BCUT2D eigenvalue weighted by molar-refractivity contribution is 5.79. The zero-order valence-corrected chi connectivity index (χ0v) is 16.4. The van der Waals surface area contributed by atoms with Crippen LogP contribution in [0.2, 0.25) is 0 Å². The lowest BCUT2D eigenvalue weighted by atomic mass is 10.0. The number of piperidine rings is 1.